The van der Waals surface area contributed by atoms with Crippen LogP contribution in [0.15, 0.2) is 47.3 Å². The van der Waals surface area contributed by atoms with Crippen molar-refractivity contribution in [2.75, 3.05) is 13.7 Å². The molecular weight excluding hydrogens is 320 g/mol. The molecule has 25 heavy (non-hydrogen) atoms. The number of hydrogen-bond acceptors (Lipinski definition) is 4. The Kier molecular flexibility index (Phi) is 5.85. The number of benzene rings is 1. The molecule has 0 fully saturated rings. The predicted molar refractivity (Wildman–Crippen MR) is 94.7 cm³/mol. The number of furan rings is 1. The summed E-state index contributed by atoms with van der Waals surface area (Å²) in [7, 11) is 1.63. The van der Waals surface area contributed by atoms with Gasteiger partial charge in [0.25, 0.3) is 5.91 Å². The lowest BCUT2D eigenvalue weighted by Gasteiger charge is -2.28. The summed E-state index contributed by atoms with van der Waals surface area (Å²) in [6.45, 7) is 6.11. The van der Waals surface area contributed by atoms with Crippen LogP contribution in [0.4, 0.5) is 0 Å². The van der Waals surface area contributed by atoms with Crippen molar-refractivity contribution in [3.05, 3.63) is 54.0 Å². The summed E-state index contributed by atoms with van der Waals surface area (Å²) in [5.41, 5.74) is 1.07. The van der Waals surface area contributed by atoms with Crippen LogP contribution in [0.5, 0.6) is 5.75 Å². The molecule has 2 N–H and O–H groups in total. The molecule has 0 radical (unpaired) electrons. The van der Waals surface area contributed by atoms with Gasteiger partial charge in [0.05, 0.1) is 18.9 Å². The lowest BCUT2D eigenvalue weighted by Crippen LogP contribution is -2.47. The molecule has 1 aromatic carbocycles. The number of para-hydroxylation sites is 1. The van der Waals surface area contributed by atoms with Crippen LogP contribution < -0.4 is 15.4 Å². The van der Waals surface area contributed by atoms with E-state index in [4.69, 9.17) is 9.15 Å². The minimum atomic E-state index is -0.657. The van der Waals surface area contributed by atoms with E-state index in [1.807, 2.05) is 38.1 Å². The van der Waals surface area contributed by atoms with Crippen molar-refractivity contribution >= 4 is 11.8 Å². The van der Waals surface area contributed by atoms with Crippen molar-refractivity contribution in [2.45, 2.75) is 32.2 Å². The Morgan fingerprint density at radius 3 is 2.60 bits per heavy atom. The van der Waals surface area contributed by atoms with Gasteiger partial charge in [0.15, 0.2) is 0 Å². The number of carbonyl (C=O) groups is 2. The number of nitrogens with one attached hydrogen (secondary N) is 2. The summed E-state index contributed by atoms with van der Waals surface area (Å²) in [6, 6.07) is 8.61. The Bertz CT molecular complexity index is 723. The summed E-state index contributed by atoms with van der Waals surface area (Å²) in [5, 5.41) is 5.54. The maximum absolute atomic E-state index is 12.3. The maximum atomic E-state index is 12.3. The number of rotatable bonds is 7. The van der Waals surface area contributed by atoms with Crippen LogP contribution >= 0.6 is 0 Å². The fourth-order valence-electron chi connectivity index (χ4n) is 2.50. The summed E-state index contributed by atoms with van der Waals surface area (Å²) in [4.78, 5) is 24.3. The molecule has 6 heteroatoms. The molecule has 0 saturated heterocycles. The van der Waals surface area contributed by atoms with E-state index in [1.165, 1.54) is 12.5 Å². The average Bonchev–Trinajstić information content (AvgIpc) is 3.14. The highest BCUT2D eigenvalue weighted by atomic mass is 16.5. The smallest absolute Gasteiger partial charge is 0.255 e. The third kappa shape index (κ3) is 4.62. The van der Waals surface area contributed by atoms with E-state index in [2.05, 4.69) is 10.6 Å². The van der Waals surface area contributed by atoms with Crippen LogP contribution in [0.25, 0.3) is 0 Å². The van der Waals surface area contributed by atoms with E-state index in [-0.39, 0.29) is 17.2 Å². The van der Waals surface area contributed by atoms with Gasteiger partial charge < -0.3 is 19.8 Å². The molecule has 1 aromatic heterocycles. The van der Waals surface area contributed by atoms with E-state index in [0.29, 0.717) is 12.1 Å². The standard InChI is InChI=1S/C19H24N2O4/c1-13(21-18(23)14-9-10-25-11-14)17(22)20-12-19(2,3)15-7-5-6-8-16(15)24-4/h5-11,13H,12H2,1-4H3,(H,20,22)(H,21,23)/t13-/m1/s1. The van der Waals surface area contributed by atoms with E-state index >= 15 is 0 Å². The van der Waals surface area contributed by atoms with E-state index in [0.717, 1.165) is 11.3 Å². The van der Waals surface area contributed by atoms with Crippen molar-refractivity contribution < 1.29 is 18.7 Å². The molecule has 1 atom stereocenters. The van der Waals surface area contributed by atoms with Crippen LogP contribution in [0, 0.1) is 0 Å². The van der Waals surface area contributed by atoms with Gasteiger partial charge in [-0.25, -0.2) is 0 Å². The quantitative estimate of drug-likeness (QED) is 0.809. The molecule has 0 unspecified atom stereocenters. The highest BCUT2D eigenvalue weighted by Crippen LogP contribution is 2.30. The SMILES string of the molecule is COc1ccccc1C(C)(C)CNC(=O)[C@@H](C)NC(=O)c1ccoc1. The first-order chi connectivity index (χ1) is 11.8. The molecule has 2 rings (SSSR count). The van der Waals surface area contributed by atoms with Gasteiger partial charge in [-0.1, -0.05) is 32.0 Å². The molecule has 6 nitrogen and oxygen atoms in total. The Balaban J connectivity index is 1.95. The molecule has 2 aromatic rings. The minimum Gasteiger partial charge on any atom is -0.496 e. The lowest BCUT2D eigenvalue weighted by molar-refractivity contribution is -0.122. The normalized spacial score (nSPS) is 12.3. The minimum absolute atomic E-state index is 0.250. The van der Waals surface area contributed by atoms with E-state index < -0.39 is 6.04 Å². The number of amides is 2. The Labute approximate surface area is 147 Å². The molecule has 0 bridgehead atoms. The molecular formula is C19H24N2O4. The van der Waals surface area contributed by atoms with Crippen molar-refractivity contribution in [1.29, 1.82) is 0 Å². The van der Waals surface area contributed by atoms with Crippen LogP contribution in [0.2, 0.25) is 0 Å². The Hall–Kier alpha value is -2.76. The zero-order chi connectivity index (χ0) is 18.4. The highest BCUT2D eigenvalue weighted by molar-refractivity contribution is 5.97. The van der Waals surface area contributed by atoms with Crippen molar-refractivity contribution in [3.8, 4) is 5.75 Å². The van der Waals surface area contributed by atoms with Gasteiger partial charge in [-0.2, -0.15) is 0 Å². The Morgan fingerprint density at radius 2 is 1.96 bits per heavy atom. The first kappa shape index (κ1) is 18.6. The van der Waals surface area contributed by atoms with Crippen molar-refractivity contribution in [1.82, 2.24) is 10.6 Å². The topological polar surface area (TPSA) is 80.6 Å². The van der Waals surface area contributed by atoms with Crippen molar-refractivity contribution in [2.24, 2.45) is 0 Å². The van der Waals surface area contributed by atoms with Gasteiger partial charge in [0.2, 0.25) is 5.91 Å². The van der Waals surface area contributed by atoms with Gasteiger partial charge in [0, 0.05) is 17.5 Å². The number of carbonyl (C=O) groups excluding carboxylic acids is 2. The second kappa shape index (κ2) is 7.88. The van der Waals surface area contributed by atoms with Gasteiger partial charge in [-0.05, 0) is 19.1 Å². The first-order valence-electron chi connectivity index (χ1n) is 8.09. The van der Waals surface area contributed by atoms with Crippen LogP contribution in [-0.4, -0.2) is 31.5 Å². The highest BCUT2D eigenvalue weighted by Gasteiger charge is 2.26. The van der Waals surface area contributed by atoms with Crippen LogP contribution in [0.3, 0.4) is 0 Å². The second-order valence-electron chi connectivity index (χ2n) is 6.51. The predicted octanol–water partition coefficient (Wildman–Crippen LogP) is 2.50. The zero-order valence-electron chi connectivity index (χ0n) is 15.0. The monoisotopic (exact) mass is 344 g/mol. The molecule has 2 amide bonds. The third-order valence-electron chi connectivity index (χ3n) is 4.06. The van der Waals surface area contributed by atoms with Gasteiger partial charge in [0.1, 0.15) is 18.1 Å². The summed E-state index contributed by atoms with van der Waals surface area (Å²) in [5.74, 6) is 0.184. The number of ether oxygens (including phenoxy) is 1. The summed E-state index contributed by atoms with van der Waals surface area (Å²) >= 11 is 0. The van der Waals surface area contributed by atoms with Crippen LogP contribution in [0.1, 0.15) is 36.7 Å². The summed E-state index contributed by atoms with van der Waals surface area (Å²) in [6.07, 6.45) is 2.75. The molecule has 1 heterocycles. The Morgan fingerprint density at radius 1 is 1.24 bits per heavy atom. The molecule has 0 aliphatic heterocycles. The van der Waals surface area contributed by atoms with Gasteiger partial charge in [-0.15, -0.1) is 0 Å². The number of hydrogen-bond donors (Lipinski definition) is 2. The largest absolute Gasteiger partial charge is 0.496 e. The fourth-order valence-corrected chi connectivity index (χ4v) is 2.50. The zero-order valence-corrected chi connectivity index (χ0v) is 15.0. The van der Waals surface area contributed by atoms with Crippen molar-refractivity contribution in [3.63, 3.8) is 0 Å². The first-order valence-corrected chi connectivity index (χ1v) is 8.09. The second-order valence-corrected chi connectivity index (χ2v) is 6.51. The molecule has 0 aliphatic carbocycles. The van der Waals surface area contributed by atoms with E-state index in [1.54, 1.807) is 20.1 Å². The lowest BCUT2D eigenvalue weighted by atomic mass is 9.84. The maximum Gasteiger partial charge on any atom is 0.255 e. The van der Waals surface area contributed by atoms with Gasteiger partial charge >= 0.3 is 0 Å². The molecule has 0 spiro atoms. The molecule has 0 saturated carbocycles. The van der Waals surface area contributed by atoms with Crippen LogP contribution in [-0.2, 0) is 10.2 Å². The van der Waals surface area contributed by atoms with E-state index in [9.17, 15) is 9.59 Å². The summed E-state index contributed by atoms with van der Waals surface area (Å²) < 4.78 is 10.3. The fraction of sp³-hybridized carbons (Fsp3) is 0.368. The molecule has 0 aliphatic rings. The average molecular weight is 344 g/mol. The molecule has 134 valence electrons. The third-order valence-corrected chi connectivity index (χ3v) is 4.06. The number of methoxy groups -OCH3 is 1. The van der Waals surface area contributed by atoms with Gasteiger partial charge in [-0.3, -0.25) is 9.59 Å².